The van der Waals surface area contributed by atoms with E-state index in [4.69, 9.17) is 5.73 Å². The average molecular weight is 896 g/mol. The number of carbonyl (C=O) groups is 1. The van der Waals surface area contributed by atoms with Crippen LogP contribution in [0.2, 0.25) is 0 Å². The SMILES string of the molecule is CC1(C)C(/C=C/C=C/C=C2\N(CCCS(=O)(=O)O)c3ccc(S)cc3C2(C)CCCCCC(=O)NCCCCCN)=[N+](CCCS(=O)(=O)O)c2ccc(S(=O)(=O)O)cc21. The third-order valence-electron chi connectivity index (χ3n) is 11.0. The van der Waals surface area contributed by atoms with Gasteiger partial charge in [0.05, 0.1) is 21.8 Å². The van der Waals surface area contributed by atoms with Crippen LogP contribution < -0.4 is 16.0 Å². The highest BCUT2D eigenvalue weighted by Gasteiger charge is 2.45. The molecule has 0 saturated carbocycles. The number of unbranched alkanes of at least 4 members (excludes halogenated alkanes) is 4. The predicted octanol–water partition coefficient (Wildman–Crippen LogP) is 6.12. The van der Waals surface area contributed by atoms with Crippen LogP contribution in [-0.2, 0) is 46.0 Å². The van der Waals surface area contributed by atoms with Crippen LogP contribution in [0.1, 0.15) is 96.1 Å². The zero-order valence-corrected chi connectivity index (χ0v) is 37.4. The largest absolute Gasteiger partial charge is 0.356 e. The minimum atomic E-state index is -4.49. The average Bonchev–Trinajstić information content (AvgIpc) is 3.48. The molecule has 0 radical (unpaired) electrons. The molecule has 2 heterocycles. The van der Waals surface area contributed by atoms with Crippen LogP contribution in [0.4, 0.5) is 11.4 Å². The first-order valence-corrected chi connectivity index (χ1v) is 25.0. The van der Waals surface area contributed by atoms with Gasteiger partial charge in [-0.05, 0) is 101 Å². The fraction of sp³-hybridized carbons (Fsp3) is 0.512. The number of rotatable bonds is 23. The van der Waals surface area contributed by atoms with Crippen LogP contribution in [0.3, 0.4) is 0 Å². The fourth-order valence-corrected chi connectivity index (χ4v) is 9.67. The van der Waals surface area contributed by atoms with Gasteiger partial charge in [0.15, 0.2) is 5.71 Å². The Balaban J connectivity index is 1.63. The van der Waals surface area contributed by atoms with Crippen molar-refractivity contribution in [2.45, 2.75) is 106 Å². The predicted molar refractivity (Wildman–Crippen MR) is 235 cm³/mol. The lowest BCUT2D eigenvalue weighted by Crippen LogP contribution is -2.30. The van der Waals surface area contributed by atoms with Crippen LogP contribution in [0.15, 0.2) is 82.3 Å². The quantitative estimate of drug-likeness (QED) is 0.0244. The monoisotopic (exact) mass is 895 g/mol. The third kappa shape index (κ3) is 13.3. The summed E-state index contributed by atoms with van der Waals surface area (Å²) in [6, 6.07) is 10.1. The van der Waals surface area contributed by atoms with Gasteiger partial charge >= 0.3 is 0 Å². The normalized spacial score (nSPS) is 18.7. The van der Waals surface area contributed by atoms with Gasteiger partial charge in [-0.15, -0.1) is 12.6 Å². The van der Waals surface area contributed by atoms with Gasteiger partial charge in [0.2, 0.25) is 11.6 Å². The Hall–Kier alpha value is -3.36. The lowest BCUT2D eigenvalue weighted by Gasteiger charge is -2.30. The molecule has 1 atom stereocenters. The number of hydrogen-bond acceptors (Lipinski definition) is 10. The van der Waals surface area contributed by atoms with Crippen molar-refractivity contribution in [1.29, 1.82) is 0 Å². The van der Waals surface area contributed by atoms with Crippen LogP contribution >= 0.6 is 12.6 Å². The van der Waals surface area contributed by atoms with Gasteiger partial charge < -0.3 is 16.0 Å². The molecule has 14 nitrogen and oxygen atoms in total. The molecule has 1 amide bonds. The highest BCUT2D eigenvalue weighted by Crippen LogP contribution is 2.51. The van der Waals surface area contributed by atoms with Gasteiger partial charge in [-0.2, -0.15) is 29.8 Å². The molecule has 59 heavy (non-hydrogen) atoms. The van der Waals surface area contributed by atoms with Gasteiger partial charge in [-0.3, -0.25) is 18.5 Å². The molecule has 0 saturated heterocycles. The third-order valence-corrected chi connectivity index (χ3v) is 13.7. The Morgan fingerprint density at radius 3 is 2.20 bits per heavy atom. The molecule has 326 valence electrons. The fourth-order valence-electron chi connectivity index (χ4n) is 7.97. The van der Waals surface area contributed by atoms with E-state index in [1.807, 2.05) is 67.0 Å². The van der Waals surface area contributed by atoms with E-state index in [0.29, 0.717) is 37.3 Å². The van der Waals surface area contributed by atoms with Crippen molar-refractivity contribution >= 4 is 66.0 Å². The summed E-state index contributed by atoms with van der Waals surface area (Å²) in [6.45, 7) is 7.75. The maximum atomic E-state index is 12.4. The molecular formula is C41H59N4O10S4+. The Morgan fingerprint density at radius 1 is 0.831 bits per heavy atom. The smallest absolute Gasteiger partial charge is 0.294 e. The molecule has 18 heteroatoms. The van der Waals surface area contributed by atoms with Crippen molar-refractivity contribution in [3.63, 3.8) is 0 Å². The van der Waals surface area contributed by atoms with Gasteiger partial charge in [-0.1, -0.05) is 37.5 Å². The molecule has 2 aromatic carbocycles. The second-order valence-corrected chi connectivity index (χ2v) is 20.9. The van der Waals surface area contributed by atoms with Crippen molar-refractivity contribution in [3.8, 4) is 0 Å². The van der Waals surface area contributed by atoms with E-state index in [0.717, 1.165) is 72.5 Å². The molecule has 2 aliphatic rings. The maximum absolute atomic E-state index is 12.4. The molecule has 2 aliphatic heterocycles. The number of nitrogens with zero attached hydrogens (tertiary/aromatic N) is 2. The van der Waals surface area contributed by atoms with Gasteiger partial charge in [-0.25, -0.2) is 0 Å². The van der Waals surface area contributed by atoms with Crippen LogP contribution in [-0.4, -0.2) is 92.8 Å². The number of fused-ring (bicyclic) bond motifs is 2. The standard InChI is InChI=1S/C41H58N4O10S4/c1-40(2)33-30-32(59(53,54)55)19-21-35(33)44(25-13-27-57(47,48)49)37(40)15-7-4-8-16-38-41(3,22-10-5-9-17-39(46)43-24-12-6-11-23-42)34-29-31(56)18-20-36(34)45(38)26-14-28-58(50,51)52/h4,7-8,15-16,18-21,29-30H,5-6,9-14,17,22-28,42H2,1-3H3,(H4-,43,46,47,48,49,50,51,52,53,54,55,56)/p+1. The van der Waals surface area contributed by atoms with E-state index in [1.165, 1.54) is 12.1 Å². The lowest BCUT2D eigenvalue weighted by molar-refractivity contribution is -0.437. The first kappa shape index (κ1) is 48.3. The number of nitrogens with two attached hydrogens (primary N) is 1. The molecule has 0 aromatic heterocycles. The summed E-state index contributed by atoms with van der Waals surface area (Å²) in [5.41, 5.74) is 9.15. The molecule has 0 aliphatic carbocycles. The number of amides is 1. The summed E-state index contributed by atoms with van der Waals surface area (Å²) in [5.74, 6) is -0.829. The molecule has 0 fully saturated rings. The summed E-state index contributed by atoms with van der Waals surface area (Å²) < 4.78 is 101. The Labute approximate surface area is 355 Å². The van der Waals surface area contributed by atoms with E-state index in [-0.39, 0.29) is 30.2 Å². The number of thiol groups is 1. The van der Waals surface area contributed by atoms with E-state index in [1.54, 1.807) is 6.07 Å². The first-order chi connectivity index (χ1) is 27.6. The van der Waals surface area contributed by atoms with Crippen LogP contribution in [0, 0.1) is 0 Å². The highest BCUT2D eigenvalue weighted by molar-refractivity contribution is 7.86. The minimum absolute atomic E-state index is 0.0331. The summed E-state index contributed by atoms with van der Waals surface area (Å²) in [7, 11) is -12.9. The topological polar surface area (TPSA) is 224 Å². The van der Waals surface area contributed by atoms with E-state index in [9.17, 15) is 43.7 Å². The molecule has 0 spiro atoms. The minimum Gasteiger partial charge on any atom is -0.356 e. The molecule has 6 N–H and O–H groups in total. The highest BCUT2D eigenvalue weighted by atomic mass is 32.2. The van der Waals surface area contributed by atoms with Crippen molar-refractivity contribution in [2.24, 2.45) is 5.73 Å². The lowest BCUT2D eigenvalue weighted by atomic mass is 9.77. The van der Waals surface area contributed by atoms with Crippen LogP contribution in [0.25, 0.3) is 0 Å². The van der Waals surface area contributed by atoms with Gasteiger partial charge in [0.1, 0.15) is 6.54 Å². The Kier molecular flexibility index (Phi) is 16.8. The zero-order valence-electron chi connectivity index (χ0n) is 34.0. The maximum Gasteiger partial charge on any atom is 0.294 e. The summed E-state index contributed by atoms with van der Waals surface area (Å²) in [4.78, 5) is 15.0. The van der Waals surface area contributed by atoms with Crippen molar-refractivity contribution in [1.82, 2.24) is 5.32 Å². The van der Waals surface area contributed by atoms with Crippen molar-refractivity contribution < 1.29 is 48.3 Å². The number of allylic oxidation sites excluding steroid dienone is 6. The Morgan fingerprint density at radius 2 is 1.53 bits per heavy atom. The Bertz CT molecular complexity index is 2300. The molecule has 1 unspecified atom stereocenters. The summed E-state index contributed by atoms with van der Waals surface area (Å²) >= 11 is 4.64. The summed E-state index contributed by atoms with van der Waals surface area (Å²) in [5, 5.41) is 2.98. The number of benzene rings is 2. The van der Waals surface area contributed by atoms with Gasteiger partial charge in [0.25, 0.3) is 30.4 Å². The van der Waals surface area contributed by atoms with E-state index >= 15 is 0 Å². The number of anilines is 1. The van der Waals surface area contributed by atoms with Crippen molar-refractivity contribution in [2.75, 3.05) is 42.6 Å². The molecule has 2 aromatic rings. The van der Waals surface area contributed by atoms with Gasteiger partial charge in [0, 0.05) is 65.3 Å². The summed E-state index contributed by atoms with van der Waals surface area (Å²) in [6.07, 6.45) is 16.0. The van der Waals surface area contributed by atoms with E-state index < -0.39 is 52.7 Å². The number of carbonyl (C=O) groups excluding carboxylic acids is 1. The second kappa shape index (κ2) is 20.5. The first-order valence-electron chi connectivity index (χ1n) is 19.9. The number of hydrogen-bond donors (Lipinski definition) is 6. The number of nitrogens with one attached hydrogen (secondary N) is 1. The van der Waals surface area contributed by atoms with E-state index in [2.05, 4.69) is 29.8 Å². The molecular weight excluding hydrogens is 837 g/mol. The zero-order chi connectivity index (χ0) is 43.6. The van der Waals surface area contributed by atoms with Crippen LogP contribution in [0.5, 0.6) is 0 Å². The molecule has 0 bridgehead atoms. The van der Waals surface area contributed by atoms with Crippen molar-refractivity contribution in [3.05, 3.63) is 83.6 Å². The molecule has 4 rings (SSSR count). The second-order valence-electron chi connectivity index (χ2n) is 15.8.